The summed E-state index contributed by atoms with van der Waals surface area (Å²) in [5.41, 5.74) is 1.50. The fourth-order valence-corrected chi connectivity index (χ4v) is 1.62. The maximum Gasteiger partial charge on any atom is 0.305 e. The van der Waals surface area contributed by atoms with Crippen molar-refractivity contribution in [3.05, 3.63) is 33.8 Å². The molecule has 5 heteroatoms. The van der Waals surface area contributed by atoms with Crippen LogP contribution in [0.1, 0.15) is 22.3 Å². The molecular formula is C11H12BrNO3. The molecule has 0 heterocycles. The minimum absolute atomic E-state index is 0.0742. The fourth-order valence-electron chi connectivity index (χ4n) is 1.19. The van der Waals surface area contributed by atoms with Crippen LogP contribution in [-0.4, -0.2) is 23.5 Å². The molecule has 0 fully saturated rings. The minimum Gasteiger partial charge on any atom is -0.481 e. The van der Waals surface area contributed by atoms with E-state index in [0.717, 1.165) is 5.56 Å². The molecule has 0 radical (unpaired) electrons. The van der Waals surface area contributed by atoms with Crippen LogP contribution in [0.4, 0.5) is 0 Å². The number of hydrogen-bond donors (Lipinski definition) is 2. The van der Waals surface area contributed by atoms with Gasteiger partial charge in [-0.05, 0) is 35.0 Å². The number of nitrogens with one attached hydrogen (secondary N) is 1. The highest BCUT2D eigenvalue weighted by Gasteiger charge is 2.09. The van der Waals surface area contributed by atoms with Gasteiger partial charge < -0.3 is 10.4 Å². The highest BCUT2D eigenvalue weighted by atomic mass is 79.9. The number of benzene rings is 1. The van der Waals surface area contributed by atoms with Gasteiger partial charge in [-0.2, -0.15) is 0 Å². The van der Waals surface area contributed by atoms with Gasteiger partial charge in [0.25, 0.3) is 5.91 Å². The Hall–Kier alpha value is -1.36. The van der Waals surface area contributed by atoms with Crippen LogP contribution < -0.4 is 5.32 Å². The van der Waals surface area contributed by atoms with Crippen molar-refractivity contribution in [1.82, 2.24) is 5.32 Å². The zero-order valence-electron chi connectivity index (χ0n) is 8.79. The molecule has 1 amide bonds. The van der Waals surface area contributed by atoms with Crippen molar-refractivity contribution in [3.63, 3.8) is 0 Å². The maximum atomic E-state index is 11.7. The van der Waals surface area contributed by atoms with Crippen molar-refractivity contribution >= 4 is 27.8 Å². The van der Waals surface area contributed by atoms with Gasteiger partial charge in [-0.1, -0.05) is 11.6 Å². The zero-order valence-corrected chi connectivity index (χ0v) is 10.4. The molecule has 0 saturated carbocycles. The average Bonchev–Trinajstić information content (AvgIpc) is 2.21. The summed E-state index contributed by atoms with van der Waals surface area (Å²) in [7, 11) is 0. The number of carbonyl (C=O) groups is 2. The smallest absolute Gasteiger partial charge is 0.305 e. The van der Waals surface area contributed by atoms with Crippen LogP contribution in [0.3, 0.4) is 0 Å². The van der Waals surface area contributed by atoms with Crippen LogP contribution >= 0.6 is 15.9 Å². The molecule has 4 nitrogen and oxygen atoms in total. The summed E-state index contributed by atoms with van der Waals surface area (Å²) in [6.45, 7) is 2.02. The molecule has 0 aromatic heterocycles. The summed E-state index contributed by atoms with van der Waals surface area (Å²) in [6.07, 6.45) is -0.0742. The lowest BCUT2D eigenvalue weighted by atomic mass is 10.1. The standard InChI is InChI=1S/C11H12BrNO3/c1-7-2-3-9(12)8(6-7)11(16)13-5-4-10(14)15/h2-3,6H,4-5H2,1H3,(H,13,16)(H,14,15). The van der Waals surface area contributed by atoms with Gasteiger partial charge in [0.15, 0.2) is 0 Å². The zero-order chi connectivity index (χ0) is 12.1. The molecule has 0 aliphatic carbocycles. The summed E-state index contributed by atoms with van der Waals surface area (Å²) < 4.78 is 0.700. The van der Waals surface area contributed by atoms with E-state index >= 15 is 0 Å². The molecule has 2 N–H and O–H groups in total. The van der Waals surface area contributed by atoms with Gasteiger partial charge >= 0.3 is 5.97 Å². The van der Waals surface area contributed by atoms with Crippen molar-refractivity contribution in [2.45, 2.75) is 13.3 Å². The highest BCUT2D eigenvalue weighted by molar-refractivity contribution is 9.10. The number of aryl methyl sites for hydroxylation is 1. The lowest BCUT2D eigenvalue weighted by Crippen LogP contribution is -2.26. The third-order valence-corrected chi connectivity index (χ3v) is 2.68. The Labute approximate surface area is 102 Å². The quantitative estimate of drug-likeness (QED) is 0.889. The van der Waals surface area contributed by atoms with Crippen LogP contribution in [0, 0.1) is 6.92 Å². The Morgan fingerprint density at radius 3 is 2.75 bits per heavy atom. The van der Waals surface area contributed by atoms with Gasteiger partial charge in [-0.3, -0.25) is 9.59 Å². The first-order valence-electron chi connectivity index (χ1n) is 4.77. The van der Waals surface area contributed by atoms with E-state index in [-0.39, 0.29) is 18.9 Å². The van der Waals surface area contributed by atoms with Crippen LogP contribution in [-0.2, 0) is 4.79 Å². The molecule has 0 aliphatic rings. The number of aliphatic carboxylic acids is 1. The Bertz CT molecular complexity index is 418. The molecule has 0 spiro atoms. The third kappa shape index (κ3) is 3.66. The van der Waals surface area contributed by atoms with Crippen molar-refractivity contribution in [2.75, 3.05) is 6.54 Å². The number of rotatable bonds is 4. The molecule has 0 saturated heterocycles. The number of carboxylic acids is 1. The monoisotopic (exact) mass is 285 g/mol. The topological polar surface area (TPSA) is 66.4 Å². The average molecular weight is 286 g/mol. The molecule has 1 aromatic rings. The predicted molar refractivity (Wildman–Crippen MR) is 63.5 cm³/mol. The Morgan fingerprint density at radius 2 is 2.12 bits per heavy atom. The van der Waals surface area contributed by atoms with E-state index in [9.17, 15) is 9.59 Å². The lowest BCUT2D eigenvalue weighted by molar-refractivity contribution is -0.136. The van der Waals surface area contributed by atoms with Crippen LogP contribution in [0.25, 0.3) is 0 Å². The molecule has 86 valence electrons. The van der Waals surface area contributed by atoms with Crippen LogP contribution in [0.5, 0.6) is 0 Å². The summed E-state index contributed by atoms with van der Waals surface area (Å²) in [6, 6.07) is 5.43. The first kappa shape index (κ1) is 12.7. The molecule has 16 heavy (non-hydrogen) atoms. The minimum atomic E-state index is -0.927. The molecule has 1 rings (SSSR count). The van der Waals surface area contributed by atoms with E-state index in [0.29, 0.717) is 10.0 Å². The normalized spacial score (nSPS) is 9.88. The molecule has 1 aromatic carbocycles. The summed E-state index contributed by atoms with van der Waals surface area (Å²) in [5, 5.41) is 11.0. The Balaban J connectivity index is 2.65. The van der Waals surface area contributed by atoms with Gasteiger partial charge in [0.1, 0.15) is 0 Å². The number of amides is 1. The summed E-state index contributed by atoms with van der Waals surface area (Å²) >= 11 is 3.27. The van der Waals surface area contributed by atoms with Gasteiger partial charge in [0.05, 0.1) is 12.0 Å². The second kappa shape index (κ2) is 5.65. The number of halogens is 1. The predicted octanol–water partition coefficient (Wildman–Crippen LogP) is 1.96. The lowest BCUT2D eigenvalue weighted by Gasteiger charge is -2.06. The van der Waals surface area contributed by atoms with E-state index in [4.69, 9.17) is 5.11 Å². The van der Waals surface area contributed by atoms with Crippen molar-refractivity contribution in [1.29, 1.82) is 0 Å². The van der Waals surface area contributed by atoms with E-state index in [2.05, 4.69) is 21.2 Å². The summed E-state index contributed by atoms with van der Waals surface area (Å²) in [4.78, 5) is 21.9. The second-order valence-electron chi connectivity index (χ2n) is 3.38. The maximum absolute atomic E-state index is 11.7. The number of carboxylic acid groups (broad SMARTS) is 1. The fraction of sp³-hybridized carbons (Fsp3) is 0.273. The third-order valence-electron chi connectivity index (χ3n) is 1.99. The van der Waals surface area contributed by atoms with E-state index in [1.807, 2.05) is 13.0 Å². The molecule has 0 bridgehead atoms. The molecular weight excluding hydrogens is 274 g/mol. The van der Waals surface area contributed by atoms with Gasteiger partial charge in [0.2, 0.25) is 0 Å². The first-order valence-corrected chi connectivity index (χ1v) is 5.56. The Morgan fingerprint density at radius 1 is 1.44 bits per heavy atom. The SMILES string of the molecule is Cc1ccc(Br)c(C(=O)NCCC(=O)O)c1. The van der Waals surface area contributed by atoms with Crippen LogP contribution in [0.15, 0.2) is 22.7 Å². The van der Waals surface area contributed by atoms with E-state index in [1.165, 1.54) is 0 Å². The largest absolute Gasteiger partial charge is 0.481 e. The molecule has 0 atom stereocenters. The number of carbonyl (C=O) groups excluding carboxylic acids is 1. The summed E-state index contributed by atoms with van der Waals surface area (Å²) in [5.74, 6) is -1.19. The van der Waals surface area contributed by atoms with Gasteiger partial charge in [-0.25, -0.2) is 0 Å². The molecule has 0 aliphatic heterocycles. The van der Waals surface area contributed by atoms with E-state index in [1.54, 1.807) is 12.1 Å². The Kier molecular flexibility index (Phi) is 4.49. The van der Waals surface area contributed by atoms with Crippen molar-refractivity contribution < 1.29 is 14.7 Å². The van der Waals surface area contributed by atoms with Gasteiger partial charge in [0, 0.05) is 11.0 Å². The first-order chi connectivity index (χ1) is 7.50. The number of hydrogen-bond acceptors (Lipinski definition) is 2. The van der Waals surface area contributed by atoms with Crippen LogP contribution in [0.2, 0.25) is 0 Å². The van der Waals surface area contributed by atoms with Crippen molar-refractivity contribution in [2.24, 2.45) is 0 Å². The highest BCUT2D eigenvalue weighted by Crippen LogP contribution is 2.17. The van der Waals surface area contributed by atoms with Crippen molar-refractivity contribution in [3.8, 4) is 0 Å². The van der Waals surface area contributed by atoms with E-state index < -0.39 is 5.97 Å². The second-order valence-corrected chi connectivity index (χ2v) is 4.24. The van der Waals surface area contributed by atoms with Gasteiger partial charge in [-0.15, -0.1) is 0 Å². The molecule has 0 unspecified atom stereocenters.